The zero-order valence-electron chi connectivity index (χ0n) is 13.4. The smallest absolute Gasteiger partial charge is 0.319 e. The first-order chi connectivity index (χ1) is 9.94. The molecule has 0 spiro atoms. The van der Waals surface area contributed by atoms with Crippen LogP contribution in [0.3, 0.4) is 0 Å². The third-order valence-electron chi connectivity index (χ3n) is 3.72. The second-order valence-electron chi connectivity index (χ2n) is 5.66. The van der Waals surface area contributed by atoms with Crippen molar-refractivity contribution in [3.05, 3.63) is 29.8 Å². The molecule has 0 saturated heterocycles. The summed E-state index contributed by atoms with van der Waals surface area (Å²) >= 11 is 0. The first kappa shape index (κ1) is 17.5. The number of hydrogen-bond acceptors (Lipinski definition) is 3. The molecule has 0 aliphatic carbocycles. The van der Waals surface area contributed by atoms with Crippen molar-refractivity contribution in [2.24, 2.45) is 0 Å². The molecule has 0 heterocycles. The van der Waals surface area contributed by atoms with Crippen molar-refractivity contribution >= 4 is 11.7 Å². The van der Waals surface area contributed by atoms with Crippen LogP contribution < -0.4 is 10.6 Å². The minimum Gasteiger partial charge on any atom is -0.394 e. The number of carbonyl (C=O) groups is 1. The maximum absolute atomic E-state index is 12.1. The summed E-state index contributed by atoms with van der Waals surface area (Å²) in [7, 11) is 4.01. The number of nitrogens with one attached hydrogen (secondary N) is 2. The fraction of sp³-hybridized carbons (Fsp3) is 0.562. The molecule has 5 nitrogen and oxygen atoms in total. The molecule has 0 aliphatic rings. The molecule has 21 heavy (non-hydrogen) atoms. The van der Waals surface area contributed by atoms with Crippen molar-refractivity contribution in [2.75, 3.05) is 26.0 Å². The molecule has 0 radical (unpaired) electrons. The van der Waals surface area contributed by atoms with Gasteiger partial charge in [0.2, 0.25) is 0 Å². The first-order valence-corrected chi connectivity index (χ1v) is 7.38. The summed E-state index contributed by atoms with van der Waals surface area (Å²) in [5.41, 5.74) is 1.34. The number of aliphatic hydroxyl groups is 1. The van der Waals surface area contributed by atoms with E-state index in [1.165, 1.54) is 0 Å². The minimum absolute atomic E-state index is 0.0614. The number of hydrogen-bond donors (Lipinski definition) is 3. The minimum atomic E-state index is -0.550. The van der Waals surface area contributed by atoms with Crippen molar-refractivity contribution < 1.29 is 9.90 Å². The summed E-state index contributed by atoms with van der Waals surface area (Å²) in [6.07, 6.45) is 1.38. The third kappa shape index (κ3) is 5.36. The van der Waals surface area contributed by atoms with Gasteiger partial charge in [0.15, 0.2) is 0 Å². The van der Waals surface area contributed by atoms with Crippen LogP contribution in [0, 0.1) is 0 Å². The van der Waals surface area contributed by atoms with Crippen molar-refractivity contribution in [3.63, 3.8) is 0 Å². The Balaban J connectivity index is 2.70. The summed E-state index contributed by atoms with van der Waals surface area (Å²) in [4.78, 5) is 14.2. The van der Waals surface area contributed by atoms with Crippen molar-refractivity contribution in [1.82, 2.24) is 10.2 Å². The maximum atomic E-state index is 12.1. The number of aliphatic hydroxyl groups excluding tert-OH is 1. The van der Waals surface area contributed by atoms with E-state index < -0.39 is 5.54 Å². The Bertz CT molecular complexity index is 448. The monoisotopic (exact) mass is 293 g/mol. The highest BCUT2D eigenvalue weighted by atomic mass is 16.3. The topological polar surface area (TPSA) is 64.6 Å². The molecule has 1 aromatic carbocycles. The van der Waals surface area contributed by atoms with Gasteiger partial charge in [-0.3, -0.25) is 0 Å². The van der Waals surface area contributed by atoms with E-state index in [0.29, 0.717) is 12.8 Å². The van der Waals surface area contributed by atoms with Gasteiger partial charge in [-0.05, 0) is 44.6 Å². The average Bonchev–Trinajstić information content (AvgIpc) is 2.44. The van der Waals surface area contributed by atoms with E-state index in [1.54, 1.807) is 0 Å². The largest absolute Gasteiger partial charge is 0.394 e. The Morgan fingerprint density at radius 2 is 1.95 bits per heavy atom. The fourth-order valence-corrected chi connectivity index (χ4v) is 2.21. The van der Waals surface area contributed by atoms with E-state index in [-0.39, 0.29) is 12.6 Å². The van der Waals surface area contributed by atoms with E-state index in [4.69, 9.17) is 0 Å². The maximum Gasteiger partial charge on any atom is 0.319 e. The third-order valence-corrected chi connectivity index (χ3v) is 3.72. The van der Waals surface area contributed by atoms with Crippen LogP contribution in [0.5, 0.6) is 0 Å². The van der Waals surface area contributed by atoms with Crippen molar-refractivity contribution in [1.29, 1.82) is 0 Å². The van der Waals surface area contributed by atoms with Crippen LogP contribution >= 0.6 is 0 Å². The van der Waals surface area contributed by atoms with Gasteiger partial charge in [-0.1, -0.05) is 26.0 Å². The zero-order valence-corrected chi connectivity index (χ0v) is 13.4. The standard InChI is InChI=1S/C16H27N3O2/c1-5-16(6-2,12-20)18-15(21)17-14-9-7-8-13(10-14)11-19(3)4/h7-10,20H,5-6,11-12H2,1-4H3,(H2,17,18,21). The highest BCUT2D eigenvalue weighted by Gasteiger charge is 2.27. The number of urea groups is 1. The molecule has 118 valence electrons. The molecule has 1 rings (SSSR count). The lowest BCUT2D eigenvalue weighted by Crippen LogP contribution is -2.52. The second kappa shape index (κ2) is 8.00. The molecule has 0 bridgehead atoms. The Morgan fingerprint density at radius 1 is 1.29 bits per heavy atom. The molecule has 0 atom stereocenters. The number of nitrogens with zero attached hydrogens (tertiary/aromatic N) is 1. The van der Waals surface area contributed by atoms with E-state index in [2.05, 4.69) is 15.5 Å². The number of rotatable bonds is 7. The quantitative estimate of drug-likeness (QED) is 0.723. The summed E-state index contributed by atoms with van der Waals surface area (Å²) in [6.45, 7) is 4.67. The summed E-state index contributed by atoms with van der Waals surface area (Å²) < 4.78 is 0. The predicted octanol–water partition coefficient (Wildman–Crippen LogP) is 2.42. The average molecular weight is 293 g/mol. The molecule has 0 unspecified atom stereocenters. The molecule has 0 fully saturated rings. The lowest BCUT2D eigenvalue weighted by Gasteiger charge is -2.30. The first-order valence-electron chi connectivity index (χ1n) is 7.38. The van der Waals surface area contributed by atoms with Gasteiger partial charge in [-0.25, -0.2) is 4.79 Å². The number of carbonyl (C=O) groups excluding carboxylic acids is 1. The summed E-state index contributed by atoms with van der Waals surface area (Å²) in [6, 6.07) is 7.48. The fourth-order valence-electron chi connectivity index (χ4n) is 2.21. The van der Waals surface area contributed by atoms with E-state index in [0.717, 1.165) is 17.8 Å². The van der Waals surface area contributed by atoms with Crippen LogP contribution in [0.2, 0.25) is 0 Å². The molecule has 5 heteroatoms. The van der Waals surface area contributed by atoms with Crippen LogP contribution in [0.1, 0.15) is 32.3 Å². The summed E-state index contributed by atoms with van der Waals surface area (Å²) in [5, 5.41) is 15.2. The van der Waals surface area contributed by atoms with Gasteiger partial charge in [-0.2, -0.15) is 0 Å². The van der Waals surface area contributed by atoms with Crippen molar-refractivity contribution in [2.45, 2.75) is 38.8 Å². The Hall–Kier alpha value is -1.59. The zero-order chi connectivity index (χ0) is 15.9. The van der Waals surface area contributed by atoms with Gasteiger partial charge in [-0.15, -0.1) is 0 Å². The molecule has 1 aromatic rings. The van der Waals surface area contributed by atoms with Crippen LogP contribution in [0.25, 0.3) is 0 Å². The van der Waals surface area contributed by atoms with Gasteiger partial charge in [0.1, 0.15) is 0 Å². The summed E-state index contributed by atoms with van der Waals surface area (Å²) in [5.74, 6) is 0. The van der Waals surface area contributed by atoms with E-state index >= 15 is 0 Å². The normalized spacial score (nSPS) is 11.5. The SMILES string of the molecule is CCC(CC)(CO)NC(=O)Nc1cccc(CN(C)C)c1. The van der Waals surface area contributed by atoms with Gasteiger partial charge in [0.05, 0.1) is 12.1 Å². The van der Waals surface area contributed by atoms with Gasteiger partial charge < -0.3 is 20.6 Å². The Kier molecular flexibility index (Phi) is 6.65. The molecule has 0 saturated carbocycles. The lowest BCUT2D eigenvalue weighted by atomic mass is 9.94. The van der Waals surface area contributed by atoms with Crippen LogP contribution in [0.4, 0.5) is 10.5 Å². The molecule has 0 aromatic heterocycles. The molecular formula is C16H27N3O2. The van der Waals surface area contributed by atoms with E-state index in [9.17, 15) is 9.90 Å². The van der Waals surface area contributed by atoms with Gasteiger partial charge in [0, 0.05) is 12.2 Å². The highest BCUT2D eigenvalue weighted by Crippen LogP contribution is 2.16. The van der Waals surface area contributed by atoms with Crippen molar-refractivity contribution in [3.8, 4) is 0 Å². The number of benzene rings is 1. The van der Waals surface area contributed by atoms with Crippen LogP contribution in [-0.4, -0.2) is 42.3 Å². The Morgan fingerprint density at radius 3 is 2.48 bits per heavy atom. The Labute approximate surface area is 127 Å². The lowest BCUT2D eigenvalue weighted by molar-refractivity contribution is 0.155. The molecule has 0 aliphatic heterocycles. The number of anilines is 1. The van der Waals surface area contributed by atoms with Gasteiger partial charge in [0.25, 0.3) is 0 Å². The van der Waals surface area contributed by atoms with Crippen LogP contribution in [-0.2, 0) is 6.54 Å². The highest BCUT2D eigenvalue weighted by molar-refractivity contribution is 5.89. The van der Waals surface area contributed by atoms with Gasteiger partial charge >= 0.3 is 6.03 Å². The predicted molar refractivity (Wildman–Crippen MR) is 86.4 cm³/mol. The molecule has 3 N–H and O–H groups in total. The van der Waals surface area contributed by atoms with Crippen LogP contribution in [0.15, 0.2) is 24.3 Å². The van der Waals surface area contributed by atoms with E-state index in [1.807, 2.05) is 52.2 Å². The molecular weight excluding hydrogens is 266 g/mol. The molecule has 2 amide bonds. The second-order valence-corrected chi connectivity index (χ2v) is 5.66. The number of amides is 2.